The second-order valence-electron chi connectivity index (χ2n) is 6.07. The molecular weight excluding hydrogens is 242 g/mol. The third-order valence-electron chi connectivity index (χ3n) is 4.33. The van der Waals surface area contributed by atoms with Crippen LogP contribution in [-0.2, 0) is 18.3 Å². The zero-order chi connectivity index (χ0) is 14.6. The highest BCUT2D eigenvalue weighted by Gasteiger charge is 2.28. The van der Waals surface area contributed by atoms with Crippen molar-refractivity contribution in [3.8, 4) is 0 Å². The molecule has 1 atom stereocenters. The summed E-state index contributed by atoms with van der Waals surface area (Å²) in [4.78, 5) is 0. The van der Waals surface area contributed by atoms with Crippen molar-refractivity contribution >= 4 is 0 Å². The Balaban J connectivity index is 2.12. The molecule has 0 aliphatic heterocycles. The van der Waals surface area contributed by atoms with Crippen molar-refractivity contribution in [3.05, 3.63) is 71.3 Å². The summed E-state index contributed by atoms with van der Waals surface area (Å²) in [6.45, 7) is 6.64. The van der Waals surface area contributed by atoms with Crippen LogP contribution in [0, 0.1) is 0 Å². The topological polar surface area (TPSA) is 26.0 Å². The quantitative estimate of drug-likeness (QED) is 0.867. The van der Waals surface area contributed by atoms with Crippen molar-refractivity contribution in [2.24, 2.45) is 5.73 Å². The van der Waals surface area contributed by atoms with Crippen molar-refractivity contribution in [1.29, 1.82) is 0 Å². The fourth-order valence-electron chi connectivity index (χ4n) is 2.50. The lowest BCUT2D eigenvalue weighted by molar-refractivity contribution is 0.406. The van der Waals surface area contributed by atoms with E-state index in [0.717, 1.165) is 12.8 Å². The van der Waals surface area contributed by atoms with E-state index < -0.39 is 0 Å². The van der Waals surface area contributed by atoms with Gasteiger partial charge in [0.2, 0.25) is 0 Å². The molecule has 0 aliphatic carbocycles. The molecule has 2 aromatic carbocycles. The molecule has 0 bridgehead atoms. The first-order chi connectivity index (χ1) is 9.54. The maximum Gasteiger partial charge on any atom is 0.0172 e. The summed E-state index contributed by atoms with van der Waals surface area (Å²) in [6.07, 6.45) is 1.99. The Hall–Kier alpha value is -1.60. The van der Waals surface area contributed by atoms with E-state index in [2.05, 4.69) is 75.4 Å². The third-order valence-corrected chi connectivity index (χ3v) is 4.33. The van der Waals surface area contributed by atoms with Gasteiger partial charge in [0.25, 0.3) is 0 Å². The van der Waals surface area contributed by atoms with Gasteiger partial charge in [-0.05, 0) is 29.5 Å². The maximum atomic E-state index is 6.49. The second-order valence-corrected chi connectivity index (χ2v) is 6.07. The van der Waals surface area contributed by atoms with Crippen molar-refractivity contribution in [1.82, 2.24) is 0 Å². The highest BCUT2D eigenvalue weighted by molar-refractivity contribution is 5.28. The summed E-state index contributed by atoms with van der Waals surface area (Å²) in [5.41, 5.74) is 10.5. The molecule has 106 valence electrons. The Bertz CT molecular complexity index is 525. The molecule has 1 nitrogen and oxygen atoms in total. The molecule has 1 heteroatoms. The zero-order valence-corrected chi connectivity index (χ0v) is 12.8. The molecule has 0 saturated heterocycles. The first-order valence-corrected chi connectivity index (χ1v) is 7.43. The van der Waals surface area contributed by atoms with Crippen molar-refractivity contribution in [2.45, 2.75) is 45.1 Å². The molecule has 0 radical (unpaired) electrons. The average molecular weight is 267 g/mol. The van der Waals surface area contributed by atoms with Crippen molar-refractivity contribution in [3.63, 3.8) is 0 Å². The summed E-state index contributed by atoms with van der Waals surface area (Å²) in [5.74, 6) is 0. The molecule has 0 amide bonds. The monoisotopic (exact) mass is 267 g/mol. The average Bonchev–Trinajstić information content (AvgIpc) is 2.49. The van der Waals surface area contributed by atoms with Gasteiger partial charge in [-0.1, -0.05) is 75.4 Å². The van der Waals surface area contributed by atoms with Crippen LogP contribution in [0.2, 0.25) is 0 Å². The van der Waals surface area contributed by atoms with Crippen LogP contribution in [0.4, 0.5) is 0 Å². The Morgan fingerprint density at radius 3 is 2.00 bits per heavy atom. The van der Waals surface area contributed by atoms with Gasteiger partial charge in [-0.2, -0.15) is 0 Å². The van der Waals surface area contributed by atoms with Crippen LogP contribution in [0.25, 0.3) is 0 Å². The van der Waals surface area contributed by atoms with E-state index in [1.165, 1.54) is 16.7 Å². The molecule has 0 aliphatic rings. The summed E-state index contributed by atoms with van der Waals surface area (Å²) < 4.78 is 0. The summed E-state index contributed by atoms with van der Waals surface area (Å²) in [6, 6.07) is 19.5. The molecule has 2 rings (SSSR count). The van der Waals surface area contributed by atoms with E-state index in [9.17, 15) is 0 Å². The predicted octanol–water partition coefficient (Wildman–Crippen LogP) is 4.10. The van der Waals surface area contributed by atoms with Gasteiger partial charge < -0.3 is 5.73 Å². The number of nitrogens with two attached hydrogens (primary N) is 1. The molecule has 0 spiro atoms. The maximum absolute atomic E-state index is 6.49. The van der Waals surface area contributed by atoms with Crippen LogP contribution in [0.3, 0.4) is 0 Å². The lowest BCUT2D eigenvalue weighted by atomic mass is 9.76. The van der Waals surface area contributed by atoms with Crippen LogP contribution in [0.1, 0.15) is 37.5 Å². The molecule has 20 heavy (non-hydrogen) atoms. The van der Waals surface area contributed by atoms with Gasteiger partial charge in [0.1, 0.15) is 0 Å². The Morgan fingerprint density at radius 1 is 0.900 bits per heavy atom. The predicted molar refractivity (Wildman–Crippen MR) is 87.0 cm³/mol. The molecule has 0 fully saturated rings. The van der Waals surface area contributed by atoms with Crippen LogP contribution < -0.4 is 5.73 Å². The van der Waals surface area contributed by atoms with Crippen molar-refractivity contribution in [2.75, 3.05) is 0 Å². The molecular formula is C19H25N. The Morgan fingerprint density at radius 2 is 1.45 bits per heavy atom. The first kappa shape index (κ1) is 14.8. The molecule has 2 aromatic rings. The molecule has 2 N–H and O–H groups in total. The minimum atomic E-state index is -0.0231. The van der Waals surface area contributed by atoms with Crippen LogP contribution in [0.15, 0.2) is 54.6 Å². The summed E-state index contributed by atoms with van der Waals surface area (Å²) in [5, 5.41) is 0. The van der Waals surface area contributed by atoms with E-state index in [1.807, 2.05) is 0 Å². The standard InChI is InChI=1S/C19H25N/c1-4-15-10-12-16(13-11-15)14-18(20)19(2,3)17-8-6-5-7-9-17/h5-13,18H,4,14,20H2,1-3H3. The molecule has 0 aromatic heterocycles. The van der Waals surface area contributed by atoms with Gasteiger partial charge in [0.15, 0.2) is 0 Å². The van der Waals surface area contributed by atoms with E-state index >= 15 is 0 Å². The van der Waals surface area contributed by atoms with E-state index in [4.69, 9.17) is 5.73 Å². The van der Waals surface area contributed by atoms with Crippen molar-refractivity contribution < 1.29 is 0 Å². The van der Waals surface area contributed by atoms with Crippen LogP contribution >= 0.6 is 0 Å². The van der Waals surface area contributed by atoms with E-state index in [-0.39, 0.29) is 11.5 Å². The van der Waals surface area contributed by atoms with Gasteiger partial charge >= 0.3 is 0 Å². The first-order valence-electron chi connectivity index (χ1n) is 7.43. The number of hydrogen-bond acceptors (Lipinski definition) is 1. The summed E-state index contributed by atoms with van der Waals surface area (Å²) >= 11 is 0. The number of benzene rings is 2. The zero-order valence-electron chi connectivity index (χ0n) is 12.8. The smallest absolute Gasteiger partial charge is 0.0172 e. The Kier molecular flexibility index (Phi) is 4.61. The number of hydrogen-bond donors (Lipinski definition) is 1. The number of aryl methyl sites for hydroxylation is 1. The minimum absolute atomic E-state index is 0.0231. The molecule has 1 unspecified atom stereocenters. The highest BCUT2D eigenvalue weighted by atomic mass is 14.7. The minimum Gasteiger partial charge on any atom is -0.327 e. The Labute approximate surface area is 122 Å². The SMILES string of the molecule is CCc1ccc(CC(N)C(C)(C)c2ccccc2)cc1. The van der Waals surface area contributed by atoms with Gasteiger partial charge in [-0.3, -0.25) is 0 Å². The number of rotatable bonds is 5. The highest BCUT2D eigenvalue weighted by Crippen LogP contribution is 2.27. The van der Waals surface area contributed by atoms with Crippen LogP contribution in [-0.4, -0.2) is 6.04 Å². The van der Waals surface area contributed by atoms with E-state index in [0.29, 0.717) is 0 Å². The van der Waals surface area contributed by atoms with Gasteiger partial charge in [0, 0.05) is 11.5 Å². The third kappa shape index (κ3) is 3.29. The largest absolute Gasteiger partial charge is 0.327 e. The molecule has 0 heterocycles. The molecule has 0 saturated carbocycles. The fourth-order valence-corrected chi connectivity index (χ4v) is 2.50. The lowest BCUT2D eigenvalue weighted by Gasteiger charge is -2.32. The van der Waals surface area contributed by atoms with Crippen LogP contribution in [0.5, 0.6) is 0 Å². The summed E-state index contributed by atoms with van der Waals surface area (Å²) in [7, 11) is 0. The lowest BCUT2D eigenvalue weighted by Crippen LogP contribution is -2.42. The van der Waals surface area contributed by atoms with Gasteiger partial charge in [-0.15, -0.1) is 0 Å². The van der Waals surface area contributed by atoms with E-state index in [1.54, 1.807) is 0 Å². The van der Waals surface area contributed by atoms with Gasteiger partial charge in [0.05, 0.1) is 0 Å². The normalized spacial score (nSPS) is 13.2. The fraction of sp³-hybridized carbons (Fsp3) is 0.368. The second kappa shape index (κ2) is 6.23. The van der Waals surface area contributed by atoms with Gasteiger partial charge in [-0.25, -0.2) is 0 Å².